The Kier molecular flexibility index (Phi) is 4.93. The summed E-state index contributed by atoms with van der Waals surface area (Å²) in [6, 6.07) is 17.8. The average molecular weight is 324 g/mol. The van der Waals surface area contributed by atoms with Crippen LogP contribution in [0.25, 0.3) is 5.57 Å². The van der Waals surface area contributed by atoms with Crippen LogP contribution in [0.4, 0.5) is 0 Å². The van der Waals surface area contributed by atoms with E-state index >= 15 is 0 Å². The van der Waals surface area contributed by atoms with Crippen LogP contribution in [-0.4, -0.2) is 13.1 Å². The largest absolute Gasteiger partial charge is 0.313 e. The van der Waals surface area contributed by atoms with Gasteiger partial charge in [-0.3, -0.25) is 0 Å². The zero-order valence-electron chi connectivity index (χ0n) is 14.2. The van der Waals surface area contributed by atoms with Gasteiger partial charge in [-0.05, 0) is 53.3 Å². The number of nitrogens with one attached hydrogen (secondary N) is 1. The molecule has 2 heteroatoms. The Morgan fingerprint density at radius 1 is 0.957 bits per heavy atom. The van der Waals surface area contributed by atoms with Gasteiger partial charge in [0.05, 0.1) is 0 Å². The standard InChI is InChI=1S/C21H25NS/c1-21(2,3)17-8-10-18(11-9-17)23-20-7-5-4-6-19(20)16-12-14-22-15-13-16/h4-12,22H,13-15H2,1-3H3. The summed E-state index contributed by atoms with van der Waals surface area (Å²) in [6.45, 7) is 8.83. The van der Waals surface area contributed by atoms with Gasteiger partial charge in [0.25, 0.3) is 0 Å². The van der Waals surface area contributed by atoms with E-state index in [1.807, 2.05) is 11.8 Å². The third kappa shape index (κ3) is 4.07. The van der Waals surface area contributed by atoms with Crippen LogP contribution in [0, 0.1) is 0 Å². The molecule has 0 saturated carbocycles. The summed E-state index contributed by atoms with van der Waals surface area (Å²) in [5.41, 5.74) is 4.45. The van der Waals surface area contributed by atoms with E-state index < -0.39 is 0 Å². The highest BCUT2D eigenvalue weighted by atomic mass is 32.2. The van der Waals surface area contributed by atoms with Crippen LogP contribution in [-0.2, 0) is 5.41 Å². The molecule has 2 aromatic rings. The van der Waals surface area contributed by atoms with Crippen molar-refractivity contribution in [3.8, 4) is 0 Å². The van der Waals surface area contributed by atoms with Gasteiger partial charge in [0.15, 0.2) is 0 Å². The van der Waals surface area contributed by atoms with Crippen molar-refractivity contribution < 1.29 is 0 Å². The molecule has 1 nitrogen and oxygen atoms in total. The van der Waals surface area contributed by atoms with E-state index in [0.29, 0.717) is 0 Å². The topological polar surface area (TPSA) is 12.0 Å². The Bertz CT molecular complexity index is 693. The van der Waals surface area contributed by atoms with Crippen molar-refractivity contribution in [1.29, 1.82) is 0 Å². The SMILES string of the molecule is CC(C)(C)c1ccc(Sc2ccccc2C2=CCNCC2)cc1. The molecule has 2 aromatic carbocycles. The van der Waals surface area contributed by atoms with E-state index in [1.54, 1.807) is 0 Å². The maximum atomic E-state index is 3.39. The molecule has 0 fully saturated rings. The highest BCUT2D eigenvalue weighted by Gasteiger charge is 2.14. The van der Waals surface area contributed by atoms with Crippen LogP contribution < -0.4 is 5.32 Å². The molecule has 0 radical (unpaired) electrons. The van der Waals surface area contributed by atoms with E-state index in [9.17, 15) is 0 Å². The summed E-state index contributed by atoms with van der Waals surface area (Å²) in [6.07, 6.45) is 3.44. The maximum Gasteiger partial charge on any atom is 0.0197 e. The second-order valence-electron chi connectivity index (χ2n) is 7.06. The van der Waals surface area contributed by atoms with Crippen LogP contribution in [0.2, 0.25) is 0 Å². The van der Waals surface area contributed by atoms with Crippen LogP contribution in [0.5, 0.6) is 0 Å². The Labute approximate surface area is 144 Å². The van der Waals surface area contributed by atoms with Crippen molar-refractivity contribution in [3.63, 3.8) is 0 Å². The van der Waals surface area contributed by atoms with Gasteiger partial charge in [0.2, 0.25) is 0 Å². The van der Waals surface area contributed by atoms with Crippen molar-refractivity contribution in [2.45, 2.75) is 42.4 Å². The highest BCUT2D eigenvalue weighted by Crippen LogP contribution is 2.36. The number of hydrogen-bond acceptors (Lipinski definition) is 2. The molecule has 1 aliphatic heterocycles. The van der Waals surface area contributed by atoms with Crippen LogP contribution in [0.1, 0.15) is 38.3 Å². The smallest absolute Gasteiger partial charge is 0.0197 e. The summed E-state index contributed by atoms with van der Waals surface area (Å²) < 4.78 is 0. The third-order valence-corrected chi connectivity index (χ3v) is 5.33. The molecule has 0 aliphatic carbocycles. The fourth-order valence-corrected chi connectivity index (χ4v) is 3.82. The van der Waals surface area contributed by atoms with E-state index in [4.69, 9.17) is 0 Å². The predicted octanol–water partition coefficient (Wildman–Crippen LogP) is 5.51. The van der Waals surface area contributed by atoms with Crippen molar-refractivity contribution in [1.82, 2.24) is 5.32 Å². The third-order valence-electron chi connectivity index (χ3n) is 4.25. The van der Waals surface area contributed by atoms with Crippen LogP contribution in [0.3, 0.4) is 0 Å². The van der Waals surface area contributed by atoms with E-state index in [2.05, 4.69) is 80.7 Å². The van der Waals surface area contributed by atoms with Crippen molar-refractivity contribution in [2.75, 3.05) is 13.1 Å². The van der Waals surface area contributed by atoms with Gasteiger partial charge < -0.3 is 5.32 Å². The molecule has 0 spiro atoms. The van der Waals surface area contributed by atoms with Gasteiger partial charge in [-0.1, -0.05) is 68.9 Å². The number of benzene rings is 2. The number of rotatable bonds is 3. The zero-order valence-corrected chi connectivity index (χ0v) is 15.0. The van der Waals surface area contributed by atoms with Gasteiger partial charge in [-0.2, -0.15) is 0 Å². The first kappa shape index (κ1) is 16.4. The minimum atomic E-state index is 0.209. The maximum absolute atomic E-state index is 3.39. The lowest BCUT2D eigenvalue weighted by Crippen LogP contribution is -2.20. The molecule has 0 saturated heterocycles. The molecule has 1 heterocycles. The summed E-state index contributed by atoms with van der Waals surface area (Å²) in [5, 5.41) is 3.39. The van der Waals surface area contributed by atoms with Gasteiger partial charge in [-0.15, -0.1) is 0 Å². The fourth-order valence-electron chi connectivity index (χ4n) is 2.84. The van der Waals surface area contributed by atoms with Gasteiger partial charge in [0.1, 0.15) is 0 Å². The summed E-state index contributed by atoms with van der Waals surface area (Å²) in [4.78, 5) is 2.66. The number of hydrogen-bond donors (Lipinski definition) is 1. The first-order valence-corrected chi connectivity index (χ1v) is 9.13. The van der Waals surface area contributed by atoms with Gasteiger partial charge in [-0.25, -0.2) is 0 Å². The van der Waals surface area contributed by atoms with E-state index in [-0.39, 0.29) is 5.41 Å². The Morgan fingerprint density at radius 3 is 2.35 bits per heavy atom. The van der Waals surface area contributed by atoms with E-state index in [1.165, 1.54) is 26.5 Å². The lowest BCUT2D eigenvalue weighted by atomic mass is 9.87. The van der Waals surface area contributed by atoms with Crippen LogP contribution >= 0.6 is 11.8 Å². The monoisotopic (exact) mass is 323 g/mol. The zero-order chi connectivity index (χ0) is 16.3. The molecule has 0 atom stereocenters. The molecule has 1 aliphatic rings. The highest BCUT2D eigenvalue weighted by molar-refractivity contribution is 7.99. The fraction of sp³-hybridized carbons (Fsp3) is 0.333. The predicted molar refractivity (Wildman–Crippen MR) is 101 cm³/mol. The van der Waals surface area contributed by atoms with Gasteiger partial charge >= 0.3 is 0 Å². The van der Waals surface area contributed by atoms with Crippen molar-refractivity contribution in [3.05, 3.63) is 65.7 Å². The molecule has 3 rings (SSSR count). The first-order valence-electron chi connectivity index (χ1n) is 8.31. The Hall–Kier alpha value is -1.51. The molecule has 0 amide bonds. The van der Waals surface area contributed by atoms with Gasteiger partial charge in [0, 0.05) is 16.3 Å². The minimum absolute atomic E-state index is 0.209. The van der Waals surface area contributed by atoms with E-state index in [0.717, 1.165) is 19.5 Å². The molecule has 120 valence electrons. The quantitative estimate of drug-likeness (QED) is 0.799. The Balaban J connectivity index is 1.84. The van der Waals surface area contributed by atoms with Crippen molar-refractivity contribution in [2.24, 2.45) is 0 Å². The summed E-state index contributed by atoms with van der Waals surface area (Å²) in [5.74, 6) is 0. The molecular formula is C21H25NS. The molecular weight excluding hydrogens is 298 g/mol. The lowest BCUT2D eigenvalue weighted by molar-refractivity contribution is 0.590. The summed E-state index contributed by atoms with van der Waals surface area (Å²) >= 11 is 1.87. The Morgan fingerprint density at radius 2 is 1.70 bits per heavy atom. The second kappa shape index (κ2) is 6.94. The molecule has 0 aromatic heterocycles. The molecule has 0 unspecified atom stereocenters. The van der Waals surface area contributed by atoms with Crippen molar-refractivity contribution >= 4 is 17.3 Å². The average Bonchev–Trinajstić information content (AvgIpc) is 2.56. The second-order valence-corrected chi connectivity index (χ2v) is 8.17. The normalized spacial score (nSPS) is 15.3. The molecule has 23 heavy (non-hydrogen) atoms. The first-order chi connectivity index (χ1) is 11.0. The minimum Gasteiger partial charge on any atom is -0.313 e. The molecule has 1 N–H and O–H groups in total. The lowest BCUT2D eigenvalue weighted by Gasteiger charge is -2.19. The molecule has 0 bridgehead atoms. The van der Waals surface area contributed by atoms with Crippen LogP contribution in [0.15, 0.2) is 64.4 Å². The summed E-state index contributed by atoms with van der Waals surface area (Å²) in [7, 11) is 0.